The van der Waals surface area contributed by atoms with Crippen molar-refractivity contribution in [2.75, 3.05) is 25.6 Å². The summed E-state index contributed by atoms with van der Waals surface area (Å²) in [6.45, 7) is 3.01. The Morgan fingerprint density at radius 3 is 2.59 bits per heavy atom. The smallest absolute Gasteiger partial charge is 0.337 e. The summed E-state index contributed by atoms with van der Waals surface area (Å²) in [5.41, 5.74) is 3.13. The van der Waals surface area contributed by atoms with Gasteiger partial charge in [-0.05, 0) is 42.8 Å². The lowest BCUT2D eigenvalue weighted by Gasteiger charge is -2.09. The number of amides is 1. The van der Waals surface area contributed by atoms with Crippen LogP contribution in [0.1, 0.15) is 22.8 Å². The number of ether oxygens (including phenoxy) is 2. The molecule has 2 N–H and O–H groups in total. The standard InChI is InChI=1S/C21H24N4O4/c1-4-22-19(26)13-29-16-8-5-14(6-9-16)12-23-21-24-17-11-15(20(27)28-3)7-10-18(17)25(21)2/h5-11H,4,12-13H2,1-3H3,(H,22,26)(H,23,24). The number of rotatable bonds is 8. The van der Waals surface area contributed by atoms with Crippen molar-refractivity contribution in [3.63, 3.8) is 0 Å². The molecular formula is C21H24N4O4. The lowest BCUT2D eigenvalue weighted by atomic mass is 10.2. The molecule has 29 heavy (non-hydrogen) atoms. The van der Waals surface area contributed by atoms with E-state index in [9.17, 15) is 9.59 Å². The van der Waals surface area contributed by atoms with Crippen LogP contribution in [0.2, 0.25) is 0 Å². The first-order chi connectivity index (χ1) is 14.0. The third-order valence-electron chi connectivity index (χ3n) is 4.42. The summed E-state index contributed by atoms with van der Waals surface area (Å²) in [6.07, 6.45) is 0. The minimum atomic E-state index is -0.387. The van der Waals surface area contributed by atoms with Gasteiger partial charge in [-0.3, -0.25) is 4.79 Å². The number of fused-ring (bicyclic) bond motifs is 1. The predicted molar refractivity (Wildman–Crippen MR) is 110 cm³/mol. The maximum Gasteiger partial charge on any atom is 0.337 e. The molecule has 1 aromatic heterocycles. The fourth-order valence-corrected chi connectivity index (χ4v) is 2.88. The van der Waals surface area contributed by atoms with Crippen LogP contribution in [0.15, 0.2) is 42.5 Å². The number of imidazole rings is 1. The van der Waals surface area contributed by atoms with E-state index in [0.717, 1.165) is 11.1 Å². The van der Waals surface area contributed by atoms with Gasteiger partial charge in [0.25, 0.3) is 5.91 Å². The highest BCUT2D eigenvalue weighted by Gasteiger charge is 2.12. The van der Waals surface area contributed by atoms with Crippen molar-refractivity contribution < 1.29 is 19.1 Å². The van der Waals surface area contributed by atoms with Crippen molar-refractivity contribution in [3.8, 4) is 5.75 Å². The second kappa shape index (κ2) is 9.09. The van der Waals surface area contributed by atoms with E-state index in [2.05, 4.69) is 15.6 Å². The van der Waals surface area contributed by atoms with Gasteiger partial charge in [0.1, 0.15) is 5.75 Å². The number of hydrogen-bond donors (Lipinski definition) is 2. The van der Waals surface area contributed by atoms with Crippen LogP contribution in [0.25, 0.3) is 11.0 Å². The van der Waals surface area contributed by atoms with Gasteiger partial charge < -0.3 is 24.7 Å². The number of benzene rings is 2. The molecule has 0 aliphatic rings. The van der Waals surface area contributed by atoms with E-state index in [-0.39, 0.29) is 18.5 Å². The van der Waals surface area contributed by atoms with E-state index in [1.165, 1.54) is 7.11 Å². The summed E-state index contributed by atoms with van der Waals surface area (Å²) < 4.78 is 12.1. The Balaban J connectivity index is 1.63. The van der Waals surface area contributed by atoms with Gasteiger partial charge in [0.15, 0.2) is 6.61 Å². The van der Waals surface area contributed by atoms with Crippen LogP contribution in [0, 0.1) is 0 Å². The summed E-state index contributed by atoms with van der Waals surface area (Å²) in [6, 6.07) is 12.8. The molecule has 0 unspecified atom stereocenters. The molecule has 8 heteroatoms. The van der Waals surface area contributed by atoms with Crippen LogP contribution in [0.3, 0.4) is 0 Å². The van der Waals surface area contributed by atoms with E-state index in [1.807, 2.05) is 48.9 Å². The van der Waals surface area contributed by atoms with Crippen LogP contribution in [0.5, 0.6) is 5.75 Å². The number of nitrogens with zero attached hydrogens (tertiary/aromatic N) is 2. The quantitative estimate of drug-likeness (QED) is 0.568. The number of hydrogen-bond acceptors (Lipinski definition) is 6. The minimum absolute atomic E-state index is 0.00113. The zero-order chi connectivity index (χ0) is 20.8. The van der Waals surface area contributed by atoms with Crippen LogP contribution >= 0.6 is 0 Å². The lowest BCUT2D eigenvalue weighted by Crippen LogP contribution is -2.28. The number of carbonyl (C=O) groups is 2. The number of aromatic nitrogens is 2. The van der Waals surface area contributed by atoms with Crippen LogP contribution in [-0.2, 0) is 23.1 Å². The average molecular weight is 396 g/mol. The van der Waals surface area contributed by atoms with E-state index in [4.69, 9.17) is 9.47 Å². The van der Waals surface area contributed by atoms with Gasteiger partial charge in [-0.25, -0.2) is 9.78 Å². The molecule has 152 valence electrons. The Labute approximate surface area is 168 Å². The molecule has 0 fully saturated rings. The zero-order valence-corrected chi connectivity index (χ0v) is 16.7. The highest BCUT2D eigenvalue weighted by Crippen LogP contribution is 2.21. The summed E-state index contributed by atoms with van der Waals surface area (Å²) >= 11 is 0. The van der Waals surface area contributed by atoms with E-state index in [0.29, 0.717) is 35.9 Å². The molecule has 0 saturated carbocycles. The molecule has 1 heterocycles. The summed E-state index contributed by atoms with van der Waals surface area (Å²) in [5, 5.41) is 5.98. The molecule has 3 aromatic rings. The van der Waals surface area contributed by atoms with Crippen molar-refractivity contribution >= 4 is 28.9 Å². The largest absolute Gasteiger partial charge is 0.484 e. The van der Waals surface area contributed by atoms with Gasteiger partial charge in [0, 0.05) is 20.1 Å². The molecule has 0 spiro atoms. The SMILES string of the molecule is CCNC(=O)COc1ccc(CNc2nc3cc(C(=O)OC)ccc3n2C)cc1. The number of nitrogens with one attached hydrogen (secondary N) is 2. The third kappa shape index (κ3) is 4.84. The zero-order valence-electron chi connectivity index (χ0n) is 16.7. The first-order valence-corrected chi connectivity index (χ1v) is 9.29. The second-order valence-corrected chi connectivity index (χ2v) is 6.43. The molecule has 0 radical (unpaired) electrons. The number of esters is 1. The fourth-order valence-electron chi connectivity index (χ4n) is 2.88. The monoisotopic (exact) mass is 396 g/mol. The first-order valence-electron chi connectivity index (χ1n) is 9.29. The molecule has 0 bridgehead atoms. The Kier molecular flexibility index (Phi) is 6.33. The van der Waals surface area contributed by atoms with E-state index >= 15 is 0 Å². The number of anilines is 1. The molecule has 2 aromatic carbocycles. The predicted octanol–water partition coefficient (Wildman–Crippen LogP) is 2.49. The van der Waals surface area contributed by atoms with Crippen LogP contribution < -0.4 is 15.4 Å². The Hall–Kier alpha value is -3.55. The molecule has 8 nitrogen and oxygen atoms in total. The van der Waals surface area contributed by atoms with Gasteiger partial charge in [-0.2, -0.15) is 0 Å². The van der Waals surface area contributed by atoms with Gasteiger partial charge in [0.2, 0.25) is 5.95 Å². The molecule has 1 amide bonds. The third-order valence-corrected chi connectivity index (χ3v) is 4.42. The van der Waals surface area contributed by atoms with E-state index < -0.39 is 0 Å². The fraction of sp³-hybridized carbons (Fsp3) is 0.286. The highest BCUT2D eigenvalue weighted by atomic mass is 16.5. The summed E-state index contributed by atoms with van der Waals surface area (Å²) in [4.78, 5) is 27.7. The Bertz CT molecular complexity index is 1010. The topological polar surface area (TPSA) is 94.5 Å². The Morgan fingerprint density at radius 2 is 1.90 bits per heavy atom. The molecule has 0 saturated heterocycles. The van der Waals surface area contributed by atoms with Crippen LogP contribution in [0.4, 0.5) is 5.95 Å². The maximum atomic E-state index is 11.7. The van der Waals surface area contributed by atoms with Gasteiger partial charge in [0.05, 0.1) is 23.7 Å². The summed E-state index contributed by atoms with van der Waals surface area (Å²) in [7, 11) is 3.27. The van der Waals surface area contributed by atoms with E-state index in [1.54, 1.807) is 12.1 Å². The average Bonchev–Trinajstić information content (AvgIpc) is 3.06. The molecule has 3 rings (SSSR count). The second-order valence-electron chi connectivity index (χ2n) is 6.43. The number of methoxy groups -OCH3 is 1. The van der Waals surface area contributed by atoms with Crippen molar-refractivity contribution in [1.29, 1.82) is 0 Å². The maximum absolute atomic E-state index is 11.7. The number of likely N-dealkylation sites (N-methyl/N-ethyl adjacent to an activating group) is 1. The Morgan fingerprint density at radius 1 is 1.14 bits per heavy atom. The molecule has 0 aliphatic heterocycles. The van der Waals surface area contributed by atoms with Crippen molar-refractivity contribution in [2.45, 2.75) is 13.5 Å². The molecule has 0 atom stereocenters. The minimum Gasteiger partial charge on any atom is -0.484 e. The van der Waals surface area contributed by atoms with Crippen molar-refractivity contribution in [3.05, 3.63) is 53.6 Å². The van der Waals surface area contributed by atoms with Gasteiger partial charge in [-0.15, -0.1) is 0 Å². The molecular weight excluding hydrogens is 372 g/mol. The van der Waals surface area contributed by atoms with Crippen LogP contribution in [-0.4, -0.2) is 41.7 Å². The van der Waals surface area contributed by atoms with Crippen molar-refractivity contribution in [1.82, 2.24) is 14.9 Å². The van der Waals surface area contributed by atoms with Gasteiger partial charge >= 0.3 is 5.97 Å². The van der Waals surface area contributed by atoms with Gasteiger partial charge in [-0.1, -0.05) is 12.1 Å². The number of carbonyl (C=O) groups excluding carboxylic acids is 2. The highest BCUT2D eigenvalue weighted by molar-refractivity contribution is 5.94. The lowest BCUT2D eigenvalue weighted by molar-refractivity contribution is -0.122. The first kappa shape index (κ1) is 20.2. The molecule has 0 aliphatic carbocycles. The van der Waals surface area contributed by atoms with Crippen molar-refractivity contribution in [2.24, 2.45) is 7.05 Å². The summed E-state index contributed by atoms with van der Waals surface area (Å²) in [5.74, 6) is 0.800. The normalized spacial score (nSPS) is 10.6. The number of aryl methyl sites for hydroxylation is 1.